The molecule has 2 heterocycles. The number of benzene rings is 1. The van der Waals surface area contributed by atoms with Gasteiger partial charge in [0, 0.05) is 36.6 Å². The van der Waals surface area contributed by atoms with Crippen LogP contribution in [0.5, 0.6) is 0 Å². The summed E-state index contributed by atoms with van der Waals surface area (Å²) in [5.41, 5.74) is 4.48. The number of hydrogen-bond donors (Lipinski definition) is 2. The molecule has 1 amide bonds. The molecule has 3 aromatic rings. The zero-order chi connectivity index (χ0) is 17.2. The van der Waals surface area contributed by atoms with Crippen molar-refractivity contribution in [3.05, 3.63) is 53.2 Å². The van der Waals surface area contributed by atoms with Crippen molar-refractivity contribution in [2.24, 2.45) is 0 Å². The molecule has 4 rings (SSSR count). The van der Waals surface area contributed by atoms with Crippen LogP contribution in [0.4, 0.5) is 0 Å². The average Bonchev–Trinajstić information content (AvgIpc) is 3.21. The van der Waals surface area contributed by atoms with Crippen molar-refractivity contribution in [2.45, 2.75) is 45.6 Å². The first-order valence-corrected chi connectivity index (χ1v) is 9.12. The molecule has 0 atom stereocenters. The smallest absolute Gasteiger partial charge is 0.253 e. The minimum absolute atomic E-state index is 0.00606. The van der Waals surface area contributed by atoms with Crippen molar-refractivity contribution in [2.75, 3.05) is 6.54 Å². The molecule has 130 valence electrons. The highest BCUT2D eigenvalue weighted by atomic mass is 16.1. The standard InChI is InChI=1S/C20H24N4O/c1-14-21-11-13-24(14)12-5-10-22-20(25)17-8-4-7-16-15-6-2-3-9-18(15)23-19(16)17/h4,7-8,11,13,23H,2-3,5-6,9-10,12H2,1H3,(H,22,25). The van der Waals surface area contributed by atoms with E-state index in [4.69, 9.17) is 0 Å². The Balaban J connectivity index is 1.45. The highest BCUT2D eigenvalue weighted by Gasteiger charge is 2.19. The number of nitrogens with one attached hydrogen (secondary N) is 2. The van der Waals surface area contributed by atoms with E-state index in [-0.39, 0.29) is 5.91 Å². The van der Waals surface area contributed by atoms with Gasteiger partial charge in [0.05, 0.1) is 11.1 Å². The van der Waals surface area contributed by atoms with Crippen LogP contribution in [0.1, 0.15) is 46.7 Å². The van der Waals surface area contributed by atoms with E-state index in [1.165, 1.54) is 29.5 Å². The Morgan fingerprint density at radius 1 is 1.32 bits per heavy atom. The Morgan fingerprint density at radius 3 is 3.04 bits per heavy atom. The van der Waals surface area contributed by atoms with Crippen LogP contribution >= 0.6 is 0 Å². The summed E-state index contributed by atoms with van der Waals surface area (Å²) in [6.45, 7) is 3.52. The van der Waals surface area contributed by atoms with Crippen LogP contribution < -0.4 is 5.32 Å². The van der Waals surface area contributed by atoms with Gasteiger partial charge in [-0.25, -0.2) is 4.98 Å². The molecular formula is C20H24N4O. The minimum atomic E-state index is 0.00606. The molecule has 25 heavy (non-hydrogen) atoms. The second kappa shape index (κ2) is 6.75. The summed E-state index contributed by atoms with van der Waals surface area (Å²) < 4.78 is 2.10. The summed E-state index contributed by atoms with van der Waals surface area (Å²) in [7, 11) is 0. The number of imidazole rings is 1. The quantitative estimate of drug-likeness (QED) is 0.702. The van der Waals surface area contributed by atoms with Crippen molar-refractivity contribution in [1.29, 1.82) is 0 Å². The van der Waals surface area contributed by atoms with Crippen LogP contribution in [0.2, 0.25) is 0 Å². The van der Waals surface area contributed by atoms with Crippen molar-refractivity contribution >= 4 is 16.8 Å². The molecular weight excluding hydrogens is 312 g/mol. The van der Waals surface area contributed by atoms with Crippen molar-refractivity contribution < 1.29 is 4.79 Å². The van der Waals surface area contributed by atoms with Gasteiger partial charge in [-0.2, -0.15) is 0 Å². The predicted octanol–water partition coefficient (Wildman–Crippen LogP) is 3.37. The maximum atomic E-state index is 12.6. The molecule has 5 heteroatoms. The van der Waals surface area contributed by atoms with Gasteiger partial charge in [0.2, 0.25) is 0 Å². The zero-order valence-corrected chi connectivity index (χ0v) is 14.6. The van der Waals surface area contributed by atoms with Crippen LogP contribution in [0, 0.1) is 6.92 Å². The number of H-pyrrole nitrogens is 1. The summed E-state index contributed by atoms with van der Waals surface area (Å²) >= 11 is 0. The van der Waals surface area contributed by atoms with E-state index in [2.05, 4.69) is 25.9 Å². The van der Waals surface area contributed by atoms with Gasteiger partial charge < -0.3 is 14.9 Å². The molecule has 0 saturated heterocycles. The Labute approximate surface area is 147 Å². The van der Waals surface area contributed by atoms with Crippen LogP contribution in [0.25, 0.3) is 10.9 Å². The number of carbonyl (C=O) groups is 1. The fourth-order valence-electron chi connectivity index (χ4n) is 3.81. The number of aryl methyl sites for hydroxylation is 4. The van der Waals surface area contributed by atoms with Gasteiger partial charge in [-0.3, -0.25) is 4.79 Å². The molecule has 0 fully saturated rings. The lowest BCUT2D eigenvalue weighted by molar-refractivity contribution is 0.0954. The monoisotopic (exact) mass is 336 g/mol. The maximum absolute atomic E-state index is 12.6. The van der Waals surface area contributed by atoms with E-state index in [0.717, 1.165) is 42.7 Å². The average molecular weight is 336 g/mol. The Bertz CT molecular complexity index is 906. The summed E-state index contributed by atoms with van der Waals surface area (Å²) in [4.78, 5) is 20.4. The fraction of sp³-hybridized carbons (Fsp3) is 0.400. The van der Waals surface area contributed by atoms with E-state index < -0.39 is 0 Å². The molecule has 1 aromatic carbocycles. The Morgan fingerprint density at radius 2 is 2.20 bits per heavy atom. The van der Waals surface area contributed by atoms with Gasteiger partial charge in [-0.1, -0.05) is 12.1 Å². The van der Waals surface area contributed by atoms with E-state index >= 15 is 0 Å². The lowest BCUT2D eigenvalue weighted by Crippen LogP contribution is -2.25. The summed E-state index contributed by atoms with van der Waals surface area (Å²) in [5, 5.41) is 4.28. The largest absolute Gasteiger partial charge is 0.358 e. The number of rotatable bonds is 5. The molecule has 1 aliphatic carbocycles. The SMILES string of the molecule is Cc1nccn1CCCNC(=O)c1cccc2c3c([nH]c12)CCCC3. The highest BCUT2D eigenvalue weighted by molar-refractivity contribution is 6.06. The van der Waals surface area contributed by atoms with Gasteiger partial charge in [-0.15, -0.1) is 0 Å². The van der Waals surface area contributed by atoms with Gasteiger partial charge in [0.1, 0.15) is 5.82 Å². The molecule has 2 N–H and O–H groups in total. The highest BCUT2D eigenvalue weighted by Crippen LogP contribution is 2.30. The Hall–Kier alpha value is -2.56. The number of amides is 1. The van der Waals surface area contributed by atoms with Crippen LogP contribution in [-0.2, 0) is 19.4 Å². The fourth-order valence-corrected chi connectivity index (χ4v) is 3.81. The van der Waals surface area contributed by atoms with E-state index in [0.29, 0.717) is 6.54 Å². The van der Waals surface area contributed by atoms with Gasteiger partial charge in [-0.05, 0) is 50.7 Å². The summed E-state index contributed by atoms with van der Waals surface area (Å²) in [5.74, 6) is 1.01. The number of nitrogens with zero attached hydrogens (tertiary/aromatic N) is 2. The second-order valence-electron chi connectivity index (χ2n) is 6.79. The normalized spacial score (nSPS) is 13.8. The molecule has 0 saturated carbocycles. The van der Waals surface area contributed by atoms with Crippen molar-refractivity contribution in [3.8, 4) is 0 Å². The third kappa shape index (κ3) is 3.06. The van der Waals surface area contributed by atoms with Crippen molar-refractivity contribution in [1.82, 2.24) is 19.9 Å². The lowest BCUT2D eigenvalue weighted by Gasteiger charge is -2.10. The molecule has 0 radical (unpaired) electrons. The van der Waals surface area contributed by atoms with E-state index in [1.807, 2.05) is 31.5 Å². The lowest BCUT2D eigenvalue weighted by atomic mass is 9.95. The first kappa shape index (κ1) is 15.9. The molecule has 0 spiro atoms. The third-order valence-corrected chi connectivity index (χ3v) is 5.16. The number of para-hydroxylation sites is 1. The van der Waals surface area contributed by atoms with Gasteiger partial charge >= 0.3 is 0 Å². The first-order chi connectivity index (χ1) is 12.2. The predicted molar refractivity (Wildman–Crippen MR) is 98.9 cm³/mol. The van der Waals surface area contributed by atoms with E-state index in [1.54, 1.807) is 0 Å². The molecule has 2 aromatic heterocycles. The molecule has 1 aliphatic rings. The second-order valence-corrected chi connectivity index (χ2v) is 6.79. The molecule has 0 unspecified atom stereocenters. The molecule has 5 nitrogen and oxygen atoms in total. The number of fused-ring (bicyclic) bond motifs is 3. The number of carbonyl (C=O) groups excluding carboxylic acids is 1. The Kier molecular flexibility index (Phi) is 4.30. The van der Waals surface area contributed by atoms with Crippen LogP contribution in [-0.4, -0.2) is 27.0 Å². The number of aromatic amines is 1. The van der Waals surface area contributed by atoms with Crippen LogP contribution in [0.15, 0.2) is 30.6 Å². The maximum Gasteiger partial charge on any atom is 0.253 e. The van der Waals surface area contributed by atoms with E-state index in [9.17, 15) is 4.79 Å². The van der Waals surface area contributed by atoms with Crippen molar-refractivity contribution in [3.63, 3.8) is 0 Å². The zero-order valence-electron chi connectivity index (χ0n) is 14.6. The van der Waals surface area contributed by atoms with Crippen LogP contribution in [0.3, 0.4) is 0 Å². The van der Waals surface area contributed by atoms with Gasteiger partial charge in [0.25, 0.3) is 5.91 Å². The third-order valence-electron chi connectivity index (χ3n) is 5.16. The molecule has 0 bridgehead atoms. The number of hydrogen-bond acceptors (Lipinski definition) is 2. The number of aromatic nitrogens is 3. The topological polar surface area (TPSA) is 62.7 Å². The molecule has 0 aliphatic heterocycles. The summed E-state index contributed by atoms with van der Waals surface area (Å²) in [6, 6.07) is 6.04. The summed E-state index contributed by atoms with van der Waals surface area (Å²) in [6.07, 6.45) is 9.35. The minimum Gasteiger partial charge on any atom is -0.358 e. The van der Waals surface area contributed by atoms with Gasteiger partial charge in [0.15, 0.2) is 0 Å². The first-order valence-electron chi connectivity index (χ1n) is 9.12.